The summed E-state index contributed by atoms with van der Waals surface area (Å²) in [5.74, 6) is -0.932. The average molecular weight is 414 g/mol. The summed E-state index contributed by atoms with van der Waals surface area (Å²) >= 11 is 1.47. The van der Waals surface area contributed by atoms with Gasteiger partial charge in [-0.05, 0) is 65.0 Å². The summed E-state index contributed by atoms with van der Waals surface area (Å²) in [6.07, 6.45) is 4.20. The maximum Gasteiger partial charge on any atom is 0.340 e. The molecule has 6 nitrogen and oxygen atoms in total. The fourth-order valence-electron chi connectivity index (χ4n) is 3.93. The van der Waals surface area contributed by atoms with Crippen molar-refractivity contribution in [1.82, 2.24) is 4.57 Å². The number of carbonyl (C=O) groups excluding carboxylic acids is 2. The molecule has 0 radical (unpaired) electrons. The highest BCUT2D eigenvalue weighted by molar-refractivity contribution is 7.16. The first kappa shape index (κ1) is 21.1. The molecule has 1 aliphatic carbocycles. The second-order valence-corrected chi connectivity index (χ2v) is 8.55. The number of fused-ring (bicyclic) bond motifs is 1. The van der Waals surface area contributed by atoms with Gasteiger partial charge in [-0.2, -0.15) is 5.26 Å². The van der Waals surface area contributed by atoms with Gasteiger partial charge in [-0.3, -0.25) is 4.79 Å². The lowest BCUT2D eigenvalue weighted by atomic mass is 10.1. The fraction of sp³-hybridized carbons (Fsp3) is 0.500. The van der Waals surface area contributed by atoms with Crippen LogP contribution in [0, 0.1) is 25.2 Å². The lowest BCUT2D eigenvalue weighted by Crippen LogP contribution is -2.30. The van der Waals surface area contributed by atoms with Gasteiger partial charge < -0.3 is 14.6 Å². The minimum absolute atomic E-state index is 0.421. The Balaban J connectivity index is 1.72. The molecular weight excluding hydrogens is 386 g/mol. The van der Waals surface area contributed by atoms with Crippen LogP contribution in [0.5, 0.6) is 0 Å². The van der Waals surface area contributed by atoms with Crippen molar-refractivity contribution in [2.75, 3.05) is 5.32 Å². The molecule has 0 saturated carbocycles. The van der Waals surface area contributed by atoms with Crippen molar-refractivity contribution >= 4 is 28.2 Å². The Bertz CT molecular complexity index is 981. The molecular formula is C22H27N3O3S. The van der Waals surface area contributed by atoms with E-state index in [1.165, 1.54) is 22.6 Å². The molecule has 7 heteroatoms. The number of aromatic nitrogens is 1. The van der Waals surface area contributed by atoms with Crippen molar-refractivity contribution in [3.8, 4) is 6.07 Å². The molecule has 2 aromatic rings. The van der Waals surface area contributed by atoms with Gasteiger partial charge in [0.25, 0.3) is 5.91 Å². The molecule has 0 spiro atoms. The minimum atomic E-state index is -0.958. The number of ether oxygens (including phenoxy) is 1. The second-order valence-electron chi connectivity index (χ2n) is 7.45. The van der Waals surface area contributed by atoms with Gasteiger partial charge in [-0.25, -0.2) is 4.79 Å². The van der Waals surface area contributed by atoms with Crippen LogP contribution in [0.25, 0.3) is 0 Å². The zero-order chi connectivity index (χ0) is 21.1. The Hall–Kier alpha value is -2.59. The number of aryl methyl sites for hydroxylation is 2. The molecule has 0 aromatic carbocycles. The molecule has 1 N–H and O–H groups in total. The van der Waals surface area contributed by atoms with E-state index in [1.807, 2.05) is 25.3 Å². The fourth-order valence-corrected chi connectivity index (χ4v) is 5.18. The van der Waals surface area contributed by atoms with Crippen LogP contribution in [-0.4, -0.2) is 22.5 Å². The summed E-state index contributed by atoms with van der Waals surface area (Å²) in [5.41, 5.74) is 3.92. The summed E-state index contributed by atoms with van der Waals surface area (Å²) in [6.45, 7) is 8.14. The molecule has 1 amide bonds. The van der Waals surface area contributed by atoms with Crippen LogP contribution in [0.2, 0.25) is 0 Å². The Morgan fingerprint density at radius 2 is 2.03 bits per heavy atom. The van der Waals surface area contributed by atoms with Gasteiger partial charge in [0.15, 0.2) is 6.10 Å². The summed E-state index contributed by atoms with van der Waals surface area (Å²) in [7, 11) is 0. The minimum Gasteiger partial charge on any atom is -0.449 e. The predicted octanol–water partition coefficient (Wildman–Crippen LogP) is 4.51. The van der Waals surface area contributed by atoms with E-state index in [0.717, 1.165) is 49.2 Å². The van der Waals surface area contributed by atoms with E-state index in [4.69, 9.17) is 4.74 Å². The van der Waals surface area contributed by atoms with Crippen LogP contribution in [0.15, 0.2) is 6.07 Å². The molecule has 0 unspecified atom stereocenters. The SMILES string of the molecule is CCn1c(C)cc(C(=O)O[C@@H](C)C(=O)Nc2sc3c(c2C#N)CCCCC3)c1C. The number of carbonyl (C=O) groups is 2. The first-order valence-electron chi connectivity index (χ1n) is 10.1. The Kier molecular flexibility index (Phi) is 6.43. The number of anilines is 1. The van der Waals surface area contributed by atoms with Crippen molar-refractivity contribution in [3.05, 3.63) is 39.0 Å². The van der Waals surface area contributed by atoms with E-state index in [0.29, 0.717) is 16.1 Å². The van der Waals surface area contributed by atoms with Gasteiger partial charge in [0.2, 0.25) is 0 Å². The van der Waals surface area contributed by atoms with Gasteiger partial charge in [0.1, 0.15) is 11.1 Å². The number of hydrogen-bond acceptors (Lipinski definition) is 5. The van der Waals surface area contributed by atoms with Crippen molar-refractivity contribution in [1.29, 1.82) is 5.26 Å². The van der Waals surface area contributed by atoms with Gasteiger partial charge in [0, 0.05) is 22.8 Å². The maximum absolute atomic E-state index is 12.6. The van der Waals surface area contributed by atoms with E-state index in [2.05, 4.69) is 11.4 Å². The van der Waals surface area contributed by atoms with Crippen molar-refractivity contribution in [2.45, 2.75) is 72.4 Å². The highest BCUT2D eigenvalue weighted by atomic mass is 32.1. The van der Waals surface area contributed by atoms with Gasteiger partial charge >= 0.3 is 5.97 Å². The number of thiophene rings is 1. The Labute approximate surface area is 175 Å². The van der Waals surface area contributed by atoms with E-state index in [-0.39, 0.29) is 0 Å². The smallest absolute Gasteiger partial charge is 0.340 e. The highest BCUT2D eigenvalue weighted by Crippen LogP contribution is 2.37. The van der Waals surface area contributed by atoms with Gasteiger partial charge in [-0.1, -0.05) is 6.42 Å². The number of nitriles is 1. The molecule has 29 heavy (non-hydrogen) atoms. The predicted molar refractivity (Wildman–Crippen MR) is 113 cm³/mol. The standard InChI is InChI=1S/C22H27N3O3S/c1-5-25-13(2)11-17(14(25)3)22(27)28-15(4)20(26)24-21-18(12-23)16-9-7-6-8-10-19(16)29-21/h11,15H,5-10H2,1-4H3,(H,24,26)/t15-/m0/s1. The number of hydrogen-bond donors (Lipinski definition) is 1. The third-order valence-corrected chi connectivity index (χ3v) is 6.74. The lowest BCUT2D eigenvalue weighted by molar-refractivity contribution is -0.123. The number of nitrogens with zero attached hydrogens (tertiary/aromatic N) is 2. The lowest BCUT2D eigenvalue weighted by Gasteiger charge is -2.13. The quantitative estimate of drug-likeness (QED) is 0.577. The van der Waals surface area contributed by atoms with Crippen LogP contribution >= 0.6 is 11.3 Å². The maximum atomic E-state index is 12.6. The third-order valence-electron chi connectivity index (χ3n) is 5.53. The zero-order valence-electron chi connectivity index (χ0n) is 17.4. The summed E-state index contributed by atoms with van der Waals surface area (Å²) in [5, 5.41) is 13.0. The molecule has 0 saturated heterocycles. The molecule has 1 aliphatic rings. The number of amides is 1. The normalized spacial score (nSPS) is 14.4. The highest BCUT2D eigenvalue weighted by Gasteiger charge is 2.25. The molecule has 2 heterocycles. The monoisotopic (exact) mass is 413 g/mol. The first-order chi connectivity index (χ1) is 13.9. The molecule has 0 fully saturated rings. The van der Waals surface area contributed by atoms with Crippen LogP contribution in [0.4, 0.5) is 5.00 Å². The zero-order valence-corrected chi connectivity index (χ0v) is 18.2. The van der Waals surface area contributed by atoms with E-state index < -0.39 is 18.0 Å². The van der Waals surface area contributed by atoms with Crippen LogP contribution in [-0.2, 0) is 28.9 Å². The molecule has 3 rings (SSSR count). The Morgan fingerprint density at radius 3 is 2.69 bits per heavy atom. The second kappa shape index (κ2) is 8.83. The van der Waals surface area contributed by atoms with E-state index in [1.54, 1.807) is 13.0 Å². The van der Waals surface area contributed by atoms with E-state index >= 15 is 0 Å². The molecule has 0 bridgehead atoms. The molecule has 0 aliphatic heterocycles. The van der Waals surface area contributed by atoms with Crippen LogP contribution in [0.3, 0.4) is 0 Å². The van der Waals surface area contributed by atoms with Crippen molar-refractivity contribution < 1.29 is 14.3 Å². The largest absolute Gasteiger partial charge is 0.449 e. The summed E-state index contributed by atoms with van der Waals surface area (Å²) in [4.78, 5) is 26.4. The van der Waals surface area contributed by atoms with Crippen molar-refractivity contribution in [2.24, 2.45) is 0 Å². The van der Waals surface area contributed by atoms with Crippen molar-refractivity contribution in [3.63, 3.8) is 0 Å². The van der Waals surface area contributed by atoms with Crippen LogP contribution in [0.1, 0.15) is 70.9 Å². The molecule has 1 atom stereocenters. The van der Waals surface area contributed by atoms with E-state index in [9.17, 15) is 14.9 Å². The van der Waals surface area contributed by atoms with Gasteiger partial charge in [-0.15, -0.1) is 11.3 Å². The molecule has 2 aromatic heterocycles. The average Bonchev–Trinajstić information content (AvgIpc) is 3.05. The number of rotatable bonds is 5. The first-order valence-corrected chi connectivity index (χ1v) is 10.9. The third kappa shape index (κ3) is 4.23. The van der Waals surface area contributed by atoms with Gasteiger partial charge in [0.05, 0.1) is 11.1 Å². The number of nitrogens with one attached hydrogen (secondary N) is 1. The number of esters is 1. The topological polar surface area (TPSA) is 84.1 Å². The summed E-state index contributed by atoms with van der Waals surface area (Å²) in [6, 6.07) is 4.04. The molecule has 154 valence electrons. The Morgan fingerprint density at radius 1 is 1.31 bits per heavy atom. The summed E-state index contributed by atoms with van der Waals surface area (Å²) < 4.78 is 7.44. The van der Waals surface area contributed by atoms with Crippen LogP contribution < -0.4 is 5.32 Å².